The van der Waals surface area contributed by atoms with Crippen LogP contribution in [0, 0.1) is 0 Å². The SMILES string of the molecule is CCOC(=O)CCCCCc1nnc(Nc2cc3nc(-c4ccc(OC(F)(F)F)cc4)n(C4CC4)c3cc2N2CCN(CC)CC2)s1. The Morgan fingerprint density at radius 1 is 1.02 bits per heavy atom. The summed E-state index contributed by atoms with van der Waals surface area (Å²) in [5.74, 6) is 0.311. The van der Waals surface area contributed by atoms with E-state index in [1.54, 1.807) is 12.1 Å². The van der Waals surface area contributed by atoms with Gasteiger partial charge >= 0.3 is 12.3 Å². The highest BCUT2D eigenvalue weighted by Gasteiger charge is 2.32. The molecular weight excluding hydrogens is 631 g/mol. The summed E-state index contributed by atoms with van der Waals surface area (Å²) in [7, 11) is 0. The van der Waals surface area contributed by atoms with Gasteiger partial charge in [0.1, 0.15) is 16.6 Å². The van der Waals surface area contributed by atoms with Gasteiger partial charge in [0.15, 0.2) is 0 Å². The van der Waals surface area contributed by atoms with Crippen molar-refractivity contribution in [2.75, 3.05) is 49.5 Å². The molecule has 0 bridgehead atoms. The number of alkyl halides is 3. The number of rotatable bonds is 14. The number of nitrogens with zero attached hydrogens (tertiary/aromatic N) is 6. The standard InChI is InChI=1S/C33H40F3N7O3S/c1-3-41-16-18-42(19-17-41)27-21-28-26(20-25(27)38-32-40-39-29(47-32)8-6-5-7-9-30(44)45-4-2)37-31(43(28)23-12-13-23)22-10-14-24(15-11-22)46-33(34,35)36/h10-11,14-15,20-21,23H,3-9,12-13,16-19H2,1-2H3,(H,38,40). The van der Waals surface area contributed by atoms with Gasteiger partial charge in [-0.15, -0.1) is 23.4 Å². The summed E-state index contributed by atoms with van der Waals surface area (Å²) in [4.78, 5) is 21.4. The average molecular weight is 672 g/mol. The number of hydrogen-bond donors (Lipinski definition) is 1. The molecule has 1 saturated carbocycles. The molecule has 0 atom stereocenters. The summed E-state index contributed by atoms with van der Waals surface area (Å²) in [6.45, 7) is 9.11. The van der Waals surface area contributed by atoms with E-state index in [4.69, 9.17) is 9.72 Å². The average Bonchev–Trinajstić information content (AvgIpc) is 3.68. The summed E-state index contributed by atoms with van der Waals surface area (Å²) in [5, 5.41) is 14.0. The summed E-state index contributed by atoms with van der Waals surface area (Å²) in [6, 6.07) is 10.5. The first-order valence-electron chi connectivity index (χ1n) is 16.3. The molecule has 0 radical (unpaired) electrons. The first-order chi connectivity index (χ1) is 22.7. The second kappa shape index (κ2) is 14.5. The number of fused-ring (bicyclic) bond motifs is 1. The largest absolute Gasteiger partial charge is 0.573 e. The predicted octanol–water partition coefficient (Wildman–Crippen LogP) is 7.34. The molecule has 252 valence electrons. The molecule has 2 aliphatic rings. The van der Waals surface area contributed by atoms with Gasteiger partial charge in [-0.3, -0.25) is 4.79 Å². The van der Waals surface area contributed by atoms with Gasteiger partial charge in [-0.1, -0.05) is 24.7 Å². The predicted molar refractivity (Wildman–Crippen MR) is 176 cm³/mol. The monoisotopic (exact) mass is 671 g/mol. The summed E-state index contributed by atoms with van der Waals surface area (Å²) in [5.41, 5.74) is 4.47. The van der Waals surface area contributed by atoms with Crippen molar-refractivity contribution < 1.29 is 27.4 Å². The fourth-order valence-electron chi connectivity index (χ4n) is 5.98. The molecule has 2 aromatic carbocycles. The van der Waals surface area contributed by atoms with Crippen LogP contribution < -0.4 is 15.0 Å². The molecule has 10 nitrogen and oxygen atoms in total. The van der Waals surface area contributed by atoms with Gasteiger partial charge in [-0.05, 0) is 75.5 Å². The number of benzene rings is 2. The van der Waals surface area contributed by atoms with E-state index in [1.165, 1.54) is 23.5 Å². The quantitative estimate of drug-likeness (QED) is 0.109. The van der Waals surface area contributed by atoms with E-state index in [2.05, 4.69) is 53.7 Å². The van der Waals surface area contributed by atoms with Crippen LogP contribution in [0.15, 0.2) is 36.4 Å². The topological polar surface area (TPSA) is 97.6 Å². The van der Waals surface area contributed by atoms with Crippen LogP contribution in [0.1, 0.15) is 63.4 Å². The zero-order chi connectivity index (χ0) is 33.0. The molecule has 3 heterocycles. The molecule has 0 amide bonds. The Bertz CT molecular complexity index is 1660. The number of carbonyl (C=O) groups excluding carboxylic acids is 1. The van der Waals surface area contributed by atoms with Gasteiger partial charge < -0.3 is 29.2 Å². The molecule has 1 aliphatic heterocycles. The number of hydrogen-bond acceptors (Lipinski definition) is 10. The minimum Gasteiger partial charge on any atom is -0.466 e. The molecule has 0 spiro atoms. The third-order valence-corrected chi connectivity index (χ3v) is 9.41. The van der Waals surface area contributed by atoms with E-state index in [0.29, 0.717) is 18.2 Å². The molecule has 2 fully saturated rings. The van der Waals surface area contributed by atoms with Crippen LogP contribution in [0.25, 0.3) is 22.4 Å². The molecule has 2 aromatic heterocycles. The number of aryl methyl sites for hydroxylation is 1. The highest BCUT2D eigenvalue weighted by molar-refractivity contribution is 7.15. The zero-order valence-electron chi connectivity index (χ0n) is 26.7. The van der Waals surface area contributed by atoms with Gasteiger partial charge in [0.05, 0.1) is 29.0 Å². The van der Waals surface area contributed by atoms with E-state index < -0.39 is 6.36 Å². The van der Waals surface area contributed by atoms with Crippen LogP contribution in [-0.2, 0) is 16.0 Å². The highest BCUT2D eigenvalue weighted by Crippen LogP contribution is 2.44. The van der Waals surface area contributed by atoms with Crippen LogP contribution in [0.2, 0.25) is 0 Å². The fraction of sp³-hybridized carbons (Fsp3) is 0.515. The van der Waals surface area contributed by atoms with Crippen molar-refractivity contribution in [1.82, 2.24) is 24.6 Å². The zero-order valence-corrected chi connectivity index (χ0v) is 27.5. The van der Waals surface area contributed by atoms with Crippen LogP contribution in [0.4, 0.5) is 29.7 Å². The Morgan fingerprint density at radius 2 is 1.79 bits per heavy atom. The second-order valence-corrected chi connectivity index (χ2v) is 12.9. The molecule has 4 aromatic rings. The first-order valence-corrected chi connectivity index (χ1v) is 17.2. The third-order valence-electron chi connectivity index (χ3n) is 8.51. The molecule has 1 N–H and O–H groups in total. The van der Waals surface area contributed by atoms with Crippen molar-refractivity contribution in [3.8, 4) is 17.1 Å². The number of likely N-dealkylation sites (N-methyl/N-ethyl adjacent to an activating group) is 1. The van der Waals surface area contributed by atoms with Crippen molar-refractivity contribution >= 4 is 44.8 Å². The summed E-state index contributed by atoms with van der Waals surface area (Å²) < 4.78 is 49.6. The lowest BCUT2D eigenvalue weighted by atomic mass is 10.1. The van der Waals surface area contributed by atoms with Crippen LogP contribution in [-0.4, -0.2) is 76.3 Å². The number of carbonyl (C=O) groups is 1. The number of piperazine rings is 1. The highest BCUT2D eigenvalue weighted by atomic mass is 32.1. The molecule has 0 unspecified atom stereocenters. The molecule has 1 aliphatic carbocycles. The summed E-state index contributed by atoms with van der Waals surface area (Å²) in [6.07, 6.45) is 1.14. The smallest absolute Gasteiger partial charge is 0.466 e. The lowest BCUT2D eigenvalue weighted by Gasteiger charge is -2.36. The minimum atomic E-state index is -4.75. The first kappa shape index (κ1) is 33.0. The lowest BCUT2D eigenvalue weighted by molar-refractivity contribution is -0.274. The van der Waals surface area contributed by atoms with Gasteiger partial charge in [-0.25, -0.2) is 4.98 Å². The molecular formula is C33H40F3N7O3S. The maximum absolute atomic E-state index is 12.8. The van der Waals surface area contributed by atoms with E-state index in [1.807, 2.05) is 6.92 Å². The summed E-state index contributed by atoms with van der Waals surface area (Å²) >= 11 is 1.52. The number of unbranched alkanes of at least 4 members (excludes halogenated alkanes) is 2. The number of aromatic nitrogens is 4. The third kappa shape index (κ3) is 8.33. The van der Waals surface area contributed by atoms with E-state index in [-0.39, 0.29) is 17.8 Å². The molecule has 14 heteroatoms. The number of nitrogens with one attached hydrogen (secondary N) is 1. The molecule has 1 saturated heterocycles. The van der Waals surface area contributed by atoms with Crippen molar-refractivity contribution in [1.29, 1.82) is 0 Å². The van der Waals surface area contributed by atoms with Crippen LogP contribution >= 0.6 is 11.3 Å². The number of imidazole rings is 1. The minimum absolute atomic E-state index is 0.152. The van der Waals surface area contributed by atoms with Crippen molar-refractivity contribution in [3.05, 3.63) is 41.4 Å². The lowest BCUT2D eigenvalue weighted by Crippen LogP contribution is -2.46. The van der Waals surface area contributed by atoms with Gasteiger partial charge in [0.25, 0.3) is 0 Å². The number of halogens is 3. The normalized spacial score (nSPS) is 15.7. The number of anilines is 3. The van der Waals surface area contributed by atoms with Crippen molar-refractivity contribution in [2.24, 2.45) is 0 Å². The Morgan fingerprint density at radius 3 is 2.47 bits per heavy atom. The molecule has 6 rings (SSSR count). The van der Waals surface area contributed by atoms with Crippen LogP contribution in [0.5, 0.6) is 5.75 Å². The Balaban J connectivity index is 1.26. The van der Waals surface area contributed by atoms with Gasteiger partial charge in [-0.2, -0.15) is 0 Å². The van der Waals surface area contributed by atoms with Gasteiger partial charge in [0, 0.05) is 50.6 Å². The van der Waals surface area contributed by atoms with Crippen molar-refractivity contribution in [2.45, 2.75) is 71.2 Å². The number of esters is 1. The Labute approximate surface area is 275 Å². The van der Waals surface area contributed by atoms with E-state index in [9.17, 15) is 18.0 Å². The maximum atomic E-state index is 12.8. The van der Waals surface area contributed by atoms with Crippen LogP contribution in [0.3, 0.4) is 0 Å². The van der Waals surface area contributed by atoms with Gasteiger partial charge in [0.2, 0.25) is 5.13 Å². The molecule has 47 heavy (non-hydrogen) atoms. The van der Waals surface area contributed by atoms with Crippen molar-refractivity contribution in [3.63, 3.8) is 0 Å². The number of ether oxygens (including phenoxy) is 2. The fourth-order valence-corrected chi connectivity index (χ4v) is 6.78. The second-order valence-electron chi connectivity index (χ2n) is 11.9. The van der Waals surface area contributed by atoms with E-state index in [0.717, 1.165) is 110 Å². The van der Waals surface area contributed by atoms with E-state index >= 15 is 0 Å². The Kier molecular flexibility index (Phi) is 10.2. The maximum Gasteiger partial charge on any atom is 0.573 e. The Hall–Kier alpha value is -3.91.